The van der Waals surface area contributed by atoms with Gasteiger partial charge in [-0.15, -0.1) is 6.42 Å². The summed E-state index contributed by atoms with van der Waals surface area (Å²) in [5.41, 5.74) is -0.594. The predicted molar refractivity (Wildman–Crippen MR) is 74.3 cm³/mol. The van der Waals surface area contributed by atoms with Gasteiger partial charge in [0.15, 0.2) is 0 Å². The maximum absolute atomic E-state index is 10.00. The summed E-state index contributed by atoms with van der Waals surface area (Å²) in [7, 11) is 0. The van der Waals surface area contributed by atoms with Gasteiger partial charge in [-0.25, -0.2) is 0 Å². The highest BCUT2D eigenvalue weighted by Gasteiger charge is 2.24. The first-order valence-electron chi connectivity index (χ1n) is 6.84. The van der Waals surface area contributed by atoms with Gasteiger partial charge in [0.1, 0.15) is 5.60 Å². The minimum atomic E-state index is -0.594. The third-order valence-corrected chi connectivity index (χ3v) is 3.40. The minimum absolute atomic E-state index is 0.302. The SMILES string of the molecule is C#CC(C)(C)OC[C@H](O)CN1C[C@H](C)C[C@@H](C)C1. The monoisotopic (exact) mass is 253 g/mol. The summed E-state index contributed by atoms with van der Waals surface area (Å²) in [6.07, 6.45) is 6.17. The molecule has 0 aliphatic carbocycles. The third-order valence-electron chi connectivity index (χ3n) is 3.40. The molecule has 0 saturated carbocycles. The first-order chi connectivity index (χ1) is 8.32. The summed E-state index contributed by atoms with van der Waals surface area (Å²) in [5, 5.41) is 10.00. The largest absolute Gasteiger partial charge is 0.389 e. The summed E-state index contributed by atoms with van der Waals surface area (Å²) in [6.45, 7) is 11.3. The van der Waals surface area contributed by atoms with Crippen molar-refractivity contribution in [1.82, 2.24) is 4.90 Å². The van der Waals surface area contributed by atoms with E-state index in [4.69, 9.17) is 11.2 Å². The molecule has 1 saturated heterocycles. The zero-order chi connectivity index (χ0) is 13.8. The second-order valence-corrected chi connectivity index (χ2v) is 6.28. The van der Waals surface area contributed by atoms with Crippen molar-refractivity contribution in [2.75, 3.05) is 26.2 Å². The Bertz CT molecular complexity index is 285. The van der Waals surface area contributed by atoms with Crippen molar-refractivity contribution in [2.45, 2.75) is 45.8 Å². The fourth-order valence-corrected chi connectivity index (χ4v) is 2.64. The highest BCUT2D eigenvalue weighted by atomic mass is 16.5. The molecule has 0 aromatic rings. The molecule has 0 aromatic heterocycles. The molecule has 1 rings (SSSR count). The van der Waals surface area contributed by atoms with Crippen LogP contribution in [0.5, 0.6) is 0 Å². The molecule has 3 heteroatoms. The molecule has 1 aliphatic rings. The normalized spacial score (nSPS) is 27.8. The molecule has 104 valence electrons. The fraction of sp³-hybridized carbons (Fsp3) is 0.867. The molecule has 3 nitrogen and oxygen atoms in total. The van der Waals surface area contributed by atoms with Crippen LogP contribution in [0.2, 0.25) is 0 Å². The van der Waals surface area contributed by atoms with Gasteiger partial charge in [0.25, 0.3) is 0 Å². The van der Waals surface area contributed by atoms with E-state index in [1.807, 2.05) is 13.8 Å². The van der Waals surface area contributed by atoms with E-state index in [1.54, 1.807) is 0 Å². The second kappa shape index (κ2) is 6.56. The van der Waals surface area contributed by atoms with Gasteiger partial charge in [0.2, 0.25) is 0 Å². The van der Waals surface area contributed by atoms with Crippen molar-refractivity contribution in [3.05, 3.63) is 0 Å². The van der Waals surface area contributed by atoms with E-state index in [1.165, 1.54) is 6.42 Å². The van der Waals surface area contributed by atoms with Crippen molar-refractivity contribution >= 4 is 0 Å². The number of aliphatic hydroxyl groups excluding tert-OH is 1. The van der Waals surface area contributed by atoms with Crippen molar-refractivity contribution in [1.29, 1.82) is 0 Å². The molecule has 1 N–H and O–H groups in total. The number of nitrogens with zero attached hydrogens (tertiary/aromatic N) is 1. The van der Waals surface area contributed by atoms with Crippen LogP contribution in [-0.4, -0.2) is 48.0 Å². The Morgan fingerprint density at radius 1 is 1.39 bits per heavy atom. The zero-order valence-corrected chi connectivity index (χ0v) is 12.1. The van der Waals surface area contributed by atoms with Gasteiger partial charge in [-0.3, -0.25) is 0 Å². The molecule has 1 aliphatic heterocycles. The molecule has 1 fully saturated rings. The van der Waals surface area contributed by atoms with E-state index in [2.05, 4.69) is 24.7 Å². The number of hydrogen-bond donors (Lipinski definition) is 1. The summed E-state index contributed by atoms with van der Waals surface area (Å²) in [5.74, 6) is 3.99. The Morgan fingerprint density at radius 2 is 1.94 bits per heavy atom. The van der Waals surface area contributed by atoms with Crippen LogP contribution in [0, 0.1) is 24.2 Å². The average molecular weight is 253 g/mol. The fourth-order valence-electron chi connectivity index (χ4n) is 2.64. The molecule has 0 radical (unpaired) electrons. The van der Waals surface area contributed by atoms with Gasteiger partial charge < -0.3 is 14.7 Å². The molecule has 0 unspecified atom stereocenters. The summed E-state index contributed by atoms with van der Waals surface area (Å²) in [4.78, 5) is 2.33. The number of terminal acetylenes is 1. The summed E-state index contributed by atoms with van der Waals surface area (Å²) >= 11 is 0. The molecule has 0 aromatic carbocycles. The Hall–Kier alpha value is -0.560. The quantitative estimate of drug-likeness (QED) is 0.758. The molecule has 18 heavy (non-hydrogen) atoms. The maximum atomic E-state index is 10.00. The van der Waals surface area contributed by atoms with Crippen LogP contribution < -0.4 is 0 Å². The van der Waals surface area contributed by atoms with Gasteiger partial charge in [0, 0.05) is 19.6 Å². The lowest BCUT2D eigenvalue weighted by Crippen LogP contribution is -2.44. The summed E-state index contributed by atoms with van der Waals surface area (Å²) in [6, 6.07) is 0. The third kappa shape index (κ3) is 5.39. The Labute approximate surface area is 112 Å². The highest BCUT2D eigenvalue weighted by Crippen LogP contribution is 2.21. The van der Waals surface area contributed by atoms with Gasteiger partial charge in [-0.1, -0.05) is 19.8 Å². The Morgan fingerprint density at radius 3 is 2.44 bits per heavy atom. The maximum Gasteiger partial charge on any atom is 0.122 e. The van der Waals surface area contributed by atoms with E-state index >= 15 is 0 Å². The number of hydrogen-bond acceptors (Lipinski definition) is 3. The molecule has 3 atom stereocenters. The summed E-state index contributed by atoms with van der Waals surface area (Å²) < 4.78 is 5.52. The van der Waals surface area contributed by atoms with Crippen LogP contribution in [0.4, 0.5) is 0 Å². The molecule has 1 heterocycles. The molecule has 0 bridgehead atoms. The number of ether oxygens (including phenoxy) is 1. The van der Waals surface area contributed by atoms with E-state index in [0.29, 0.717) is 25.0 Å². The van der Waals surface area contributed by atoms with Crippen LogP contribution in [0.25, 0.3) is 0 Å². The topological polar surface area (TPSA) is 32.7 Å². The number of rotatable bonds is 5. The molecular formula is C15H27NO2. The van der Waals surface area contributed by atoms with Crippen molar-refractivity contribution in [2.24, 2.45) is 11.8 Å². The zero-order valence-electron chi connectivity index (χ0n) is 12.1. The van der Waals surface area contributed by atoms with E-state index in [9.17, 15) is 5.11 Å². The predicted octanol–water partition coefficient (Wildman–Crippen LogP) is 1.75. The number of β-amino-alcohol motifs (C(OH)–C–C–N with tert-alkyl or cyclic N) is 1. The average Bonchev–Trinajstić information content (AvgIpc) is 2.25. The smallest absolute Gasteiger partial charge is 0.122 e. The first kappa shape index (κ1) is 15.5. The van der Waals surface area contributed by atoms with Crippen molar-refractivity contribution < 1.29 is 9.84 Å². The standard InChI is InChI=1S/C15H27NO2/c1-6-15(4,5)18-11-14(17)10-16-8-12(2)7-13(3)9-16/h1,12-14,17H,7-11H2,2-5H3/t12-,13-,14-/m1/s1. The second-order valence-electron chi connectivity index (χ2n) is 6.28. The van der Waals surface area contributed by atoms with Gasteiger partial charge in [-0.05, 0) is 32.1 Å². The van der Waals surface area contributed by atoms with E-state index < -0.39 is 11.7 Å². The minimum Gasteiger partial charge on any atom is -0.389 e. The lowest BCUT2D eigenvalue weighted by Gasteiger charge is -2.36. The number of aliphatic hydroxyl groups is 1. The van der Waals surface area contributed by atoms with Crippen LogP contribution in [0.15, 0.2) is 0 Å². The van der Waals surface area contributed by atoms with Crippen LogP contribution >= 0.6 is 0 Å². The van der Waals surface area contributed by atoms with Crippen LogP contribution in [0.1, 0.15) is 34.1 Å². The van der Waals surface area contributed by atoms with Gasteiger partial charge in [0.05, 0.1) is 12.7 Å². The van der Waals surface area contributed by atoms with E-state index in [0.717, 1.165) is 13.1 Å². The molecular weight excluding hydrogens is 226 g/mol. The lowest BCUT2D eigenvalue weighted by atomic mass is 9.92. The highest BCUT2D eigenvalue weighted by molar-refractivity contribution is 5.02. The van der Waals surface area contributed by atoms with Crippen LogP contribution in [-0.2, 0) is 4.74 Å². The number of piperidine rings is 1. The number of likely N-dealkylation sites (tertiary alicyclic amines) is 1. The Kier molecular flexibility index (Phi) is 5.65. The Balaban J connectivity index is 2.32. The van der Waals surface area contributed by atoms with E-state index in [-0.39, 0.29) is 0 Å². The molecule has 0 spiro atoms. The molecule has 0 amide bonds. The van der Waals surface area contributed by atoms with Gasteiger partial charge >= 0.3 is 0 Å². The van der Waals surface area contributed by atoms with Crippen molar-refractivity contribution in [3.8, 4) is 12.3 Å². The van der Waals surface area contributed by atoms with Crippen LogP contribution in [0.3, 0.4) is 0 Å². The first-order valence-corrected chi connectivity index (χ1v) is 6.84. The van der Waals surface area contributed by atoms with Gasteiger partial charge in [-0.2, -0.15) is 0 Å². The lowest BCUT2D eigenvalue weighted by molar-refractivity contribution is -0.0421. The van der Waals surface area contributed by atoms with Crippen molar-refractivity contribution in [3.63, 3.8) is 0 Å².